The van der Waals surface area contributed by atoms with Crippen LogP contribution in [0.1, 0.15) is 34.1 Å². The van der Waals surface area contributed by atoms with Gasteiger partial charge in [-0.05, 0) is 65.5 Å². The van der Waals surface area contributed by atoms with Gasteiger partial charge in [0.2, 0.25) is 0 Å². The zero-order valence-corrected chi connectivity index (χ0v) is 14.0. The van der Waals surface area contributed by atoms with Gasteiger partial charge >= 0.3 is 0 Å². The van der Waals surface area contributed by atoms with Gasteiger partial charge in [0.25, 0.3) is 0 Å². The number of halogens is 1. The van der Waals surface area contributed by atoms with Gasteiger partial charge in [0.1, 0.15) is 5.65 Å². The van der Waals surface area contributed by atoms with E-state index >= 15 is 0 Å². The lowest BCUT2D eigenvalue weighted by molar-refractivity contribution is 0.802. The highest BCUT2D eigenvalue weighted by Crippen LogP contribution is 2.26. The van der Waals surface area contributed by atoms with Crippen LogP contribution in [0, 0.1) is 20.8 Å². The molecular weight excluding hydrogens is 326 g/mol. The first kappa shape index (κ1) is 14.3. The summed E-state index contributed by atoms with van der Waals surface area (Å²) in [7, 11) is 0. The number of hydrogen-bond acceptors (Lipinski definition) is 2. The van der Waals surface area contributed by atoms with Crippen LogP contribution in [-0.2, 0) is 0 Å². The van der Waals surface area contributed by atoms with E-state index in [2.05, 4.69) is 57.4 Å². The fourth-order valence-corrected chi connectivity index (χ4v) is 2.98. The number of hydrogen-bond donors (Lipinski definition) is 1. The molecule has 0 aliphatic carbocycles. The molecule has 0 radical (unpaired) electrons. The first-order chi connectivity index (χ1) is 9.97. The number of nitrogens with zero attached hydrogens (tertiary/aromatic N) is 2. The average Bonchev–Trinajstić information content (AvgIpc) is 2.76. The Kier molecular flexibility index (Phi) is 3.59. The van der Waals surface area contributed by atoms with Crippen molar-refractivity contribution in [2.24, 2.45) is 5.73 Å². The Morgan fingerprint density at radius 1 is 1.10 bits per heavy atom. The number of imidazole rings is 1. The molecule has 1 atom stereocenters. The smallest absolute Gasteiger partial charge is 0.137 e. The topological polar surface area (TPSA) is 43.3 Å². The van der Waals surface area contributed by atoms with E-state index in [1.807, 2.05) is 25.3 Å². The maximum Gasteiger partial charge on any atom is 0.137 e. The zero-order chi connectivity index (χ0) is 15.1. The number of rotatable bonds is 2. The molecule has 3 nitrogen and oxygen atoms in total. The van der Waals surface area contributed by atoms with Gasteiger partial charge in [-0.1, -0.05) is 18.2 Å². The van der Waals surface area contributed by atoms with Gasteiger partial charge < -0.3 is 10.1 Å². The maximum atomic E-state index is 6.52. The van der Waals surface area contributed by atoms with E-state index in [0.717, 1.165) is 27.1 Å². The van der Waals surface area contributed by atoms with E-state index in [-0.39, 0.29) is 6.04 Å². The molecule has 0 saturated heterocycles. The van der Waals surface area contributed by atoms with Crippen molar-refractivity contribution < 1.29 is 0 Å². The third kappa shape index (κ3) is 2.49. The third-order valence-corrected chi connectivity index (χ3v) is 4.46. The largest absolute Gasteiger partial charge is 0.319 e. The highest BCUT2D eigenvalue weighted by Gasteiger charge is 2.18. The number of aromatic nitrogens is 2. The molecule has 0 bridgehead atoms. The monoisotopic (exact) mass is 343 g/mol. The Hall–Kier alpha value is -1.65. The SMILES string of the molecule is Cc1ccc(C(N)c2c(C)nc3ccc(Br)cn23)cc1C. The first-order valence-electron chi connectivity index (χ1n) is 6.94. The van der Waals surface area contributed by atoms with Crippen LogP contribution in [0.5, 0.6) is 0 Å². The Balaban J connectivity index is 2.16. The van der Waals surface area contributed by atoms with Crippen LogP contribution in [0.2, 0.25) is 0 Å². The first-order valence-corrected chi connectivity index (χ1v) is 7.73. The summed E-state index contributed by atoms with van der Waals surface area (Å²) in [6.45, 7) is 6.24. The summed E-state index contributed by atoms with van der Waals surface area (Å²) in [4.78, 5) is 4.60. The van der Waals surface area contributed by atoms with Crippen LogP contribution < -0.4 is 5.73 Å². The molecule has 0 amide bonds. The van der Waals surface area contributed by atoms with Crippen LogP contribution >= 0.6 is 15.9 Å². The predicted molar refractivity (Wildman–Crippen MR) is 89.6 cm³/mol. The minimum absolute atomic E-state index is 0.186. The van der Waals surface area contributed by atoms with Crippen molar-refractivity contribution in [3.63, 3.8) is 0 Å². The van der Waals surface area contributed by atoms with E-state index in [1.165, 1.54) is 11.1 Å². The number of pyridine rings is 1. The van der Waals surface area contributed by atoms with Crippen molar-refractivity contribution >= 4 is 21.6 Å². The minimum atomic E-state index is -0.186. The predicted octanol–water partition coefficient (Wildman–Crippen LogP) is 4.07. The summed E-state index contributed by atoms with van der Waals surface area (Å²) in [6.07, 6.45) is 2.02. The molecule has 2 N–H and O–H groups in total. The lowest BCUT2D eigenvalue weighted by Crippen LogP contribution is -2.15. The summed E-state index contributed by atoms with van der Waals surface area (Å²) < 4.78 is 3.08. The Bertz CT molecular complexity index is 820. The third-order valence-electron chi connectivity index (χ3n) is 3.99. The van der Waals surface area contributed by atoms with Crippen LogP contribution in [0.4, 0.5) is 0 Å². The van der Waals surface area contributed by atoms with Crippen molar-refractivity contribution in [1.29, 1.82) is 0 Å². The number of aryl methyl sites for hydroxylation is 3. The Morgan fingerprint density at radius 2 is 1.86 bits per heavy atom. The van der Waals surface area contributed by atoms with E-state index in [0.29, 0.717) is 0 Å². The Morgan fingerprint density at radius 3 is 2.57 bits per heavy atom. The van der Waals surface area contributed by atoms with Crippen molar-refractivity contribution in [3.05, 3.63) is 69.1 Å². The fourth-order valence-electron chi connectivity index (χ4n) is 2.65. The highest BCUT2D eigenvalue weighted by molar-refractivity contribution is 9.10. The fraction of sp³-hybridized carbons (Fsp3) is 0.235. The molecule has 0 fully saturated rings. The summed E-state index contributed by atoms with van der Waals surface area (Å²) in [5.74, 6) is 0. The summed E-state index contributed by atoms with van der Waals surface area (Å²) in [5.41, 5.74) is 13.1. The maximum absolute atomic E-state index is 6.52. The molecule has 21 heavy (non-hydrogen) atoms. The molecule has 0 saturated carbocycles. The average molecular weight is 344 g/mol. The van der Waals surface area contributed by atoms with Gasteiger partial charge in [-0.15, -0.1) is 0 Å². The van der Waals surface area contributed by atoms with Crippen molar-refractivity contribution in [1.82, 2.24) is 9.38 Å². The summed E-state index contributed by atoms with van der Waals surface area (Å²) >= 11 is 3.51. The van der Waals surface area contributed by atoms with Crippen LogP contribution in [0.25, 0.3) is 5.65 Å². The van der Waals surface area contributed by atoms with Gasteiger partial charge in [0.05, 0.1) is 17.4 Å². The van der Waals surface area contributed by atoms with Gasteiger partial charge in [-0.3, -0.25) is 0 Å². The standard InChI is InChI=1S/C17H18BrN3/c1-10-4-5-13(8-11(10)2)16(19)17-12(3)20-15-7-6-14(18)9-21(15)17/h4-9,16H,19H2,1-3H3. The molecule has 1 unspecified atom stereocenters. The second-order valence-corrected chi connectivity index (χ2v) is 6.40. The molecule has 0 aliphatic heterocycles. The molecule has 2 aromatic heterocycles. The number of nitrogens with two attached hydrogens (primary N) is 1. The van der Waals surface area contributed by atoms with Crippen molar-refractivity contribution in [2.45, 2.75) is 26.8 Å². The second kappa shape index (κ2) is 5.28. The van der Waals surface area contributed by atoms with Gasteiger partial charge in [-0.25, -0.2) is 4.98 Å². The number of benzene rings is 1. The molecule has 108 valence electrons. The van der Waals surface area contributed by atoms with Crippen LogP contribution in [0.15, 0.2) is 41.0 Å². The number of fused-ring (bicyclic) bond motifs is 1. The molecule has 1 aromatic carbocycles. The van der Waals surface area contributed by atoms with E-state index < -0.39 is 0 Å². The molecule has 3 rings (SSSR count). The summed E-state index contributed by atoms with van der Waals surface area (Å²) in [5, 5.41) is 0. The van der Waals surface area contributed by atoms with Crippen LogP contribution in [0.3, 0.4) is 0 Å². The molecule has 3 aromatic rings. The van der Waals surface area contributed by atoms with E-state index in [4.69, 9.17) is 5.73 Å². The van der Waals surface area contributed by atoms with Gasteiger partial charge in [0, 0.05) is 10.7 Å². The lowest BCUT2D eigenvalue weighted by Gasteiger charge is -2.15. The molecule has 0 aliphatic rings. The highest BCUT2D eigenvalue weighted by atomic mass is 79.9. The molecule has 0 spiro atoms. The normalized spacial score (nSPS) is 12.8. The van der Waals surface area contributed by atoms with E-state index in [9.17, 15) is 0 Å². The lowest BCUT2D eigenvalue weighted by atomic mass is 9.99. The Labute approximate surface area is 132 Å². The second-order valence-electron chi connectivity index (χ2n) is 5.48. The van der Waals surface area contributed by atoms with Crippen LogP contribution in [-0.4, -0.2) is 9.38 Å². The quantitative estimate of drug-likeness (QED) is 0.762. The van der Waals surface area contributed by atoms with Gasteiger partial charge in [0.15, 0.2) is 0 Å². The molecule has 4 heteroatoms. The minimum Gasteiger partial charge on any atom is -0.319 e. The van der Waals surface area contributed by atoms with Gasteiger partial charge in [-0.2, -0.15) is 0 Å². The zero-order valence-electron chi connectivity index (χ0n) is 12.4. The van der Waals surface area contributed by atoms with E-state index in [1.54, 1.807) is 0 Å². The van der Waals surface area contributed by atoms with Crippen molar-refractivity contribution in [3.8, 4) is 0 Å². The summed E-state index contributed by atoms with van der Waals surface area (Å²) in [6, 6.07) is 10.2. The van der Waals surface area contributed by atoms with Crippen molar-refractivity contribution in [2.75, 3.05) is 0 Å². The molecular formula is C17H18BrN3. The molecule has 2 heterocycles.